The highest BCUT2D eigenvalue weighted by Crippen LogP contribution is 2.42. The lowest BCUT2D eigenvalue weighted by Gasteiger charge is -2.39. The van der Waals surface area contributed by atoms with Crippen LogP contribution in [0.3, 0.4) is 0 Å². The maximum absolute atomic E-state index is 12.5. The van der Waals surface area contributed by atoms with Gasteiger partial charge >= 0.3 is 0 Å². The maximum Gasteiger partial charge on any atom is 0.249 e. The van der Waals surface area contributed by atoms with Gasteiger partial charge in [0, 0.05) is 25.8 Å². The number of ether oxygens (including phenoxy) is 2. The van der Waals surface area contributed by atoms with Crippen LogP contribution < -0.4 is 0 Å². The molecule has 2 aliphatic heterocycles. The molecule has 2 saturated heterocycles. The Morgan fingerprint density at radius 3 is 2.90 bits per heavy atom. The number of carbonyl (C=O) groups is 1. The fourth-order valence-corrected chi connectivity index (χ4v) is 3.96. The van der Waals surface area contributed by atoms with Gasteiger partial charge in [-0.2, -0.15) is 0 Å². The number of hydrogen-bond donors (Lipinski definition) is 0. The van der Waals surface area contributed by atoms with Crippen LogP contribution in [0.25, 0.3) is 0 Å². The van der Waals surface area contributed by atoms with Crippen molar-refractivity contribution in [2.24, 2.45) is 5.41 Å². The summed E-state index contributed by atoms with van der Waals surface area (Å²) in [5.74, 6) is 0.289. The molecule has 0 N–H and O–H groups in total. The number of piperidine rings is 1. The summed E-state index contributed by atoms with van der Waals surface area (Å²) < 4.78 is 11.1. The lowest BCUT2D eigenvalue weighted by molar-refractivity contribution is -0.129. The highest BCUT2D eigenvalue weighted by molar-refractivity contribution is 5.93. The van der Waals surface area contributed by atoms with Gasteiger partial charge in [-0.3, -0.25) is 4.79 Å². The third-order valence-corrected chi connectivity index (χ3v) is 5.32. The molecule has 0 aromatic rings. The molecule has 3 aliphatic rings. The summed E-state index contributed by atoms with van der Waals surface area (Å²) in [4.78, 5) is 14.6. The van der Waals surface area contributed by atoms with Crippen molar-refractivity contribution in [1.82, 2.24) is 4.90 Å². The largest absolute Gasteiger partial charge is 0.382 e. The second-order valence-corrected chi connectivity index (χ2v) is 6.86. The van der Waals surface area contributed by atoms with E-state index in [0.29, 0.717) is 12.0 Å². The van der Waals surface area contributed by atoms with Gasteiger partial charge in [-0.05, 0) is 50.4 Å². The summed E-state index contributed by atoms with van der Waals surface area (Å²) in [6.07, 6.45) is 10.1. The number of likely N-dealkylation sites (tertiary alicyclic amines) is 1. The van der Waals surface area contributed by atoms with Crippen LogP contribution in [0.5, 0.6) is 0 Å². The van der Waals surface area contributed by atoms with Gasteiger partial charge in [0.05, 0.1) is 19.3 Å². The molecule has 0 bridgehead atoms. The van der Waals surface area contributed by atoms with Crippen molar-refractivity contribution in [3.05, 3.63) is 11.6 Å². The van der Waals surface area contributed by atoms with Gasteiger partial charge in [0.25, 0.3) is 0 Å². The second kappa shape index (κ2) is 6.49. The summed E-state index contributed by atoms with van der Waals surface area (Å²) in [7, 11) is 1.73. The van der Waals surface area contributed by atoms with Crippen LogP contribution in [-0.4, -0.2) is 50.3 Å². The predicted octanol–water partition coefficient (Wildman–Crippen LogP) is 2.53. The number of rotatable bonds is 3. The predicted molar refractivity (Wildman–Crippen MR) is 81.0 cm³/mol. The summed E-state index contributed by atoms with van der Waals surface area (Å²) in [5.41, 5.74) is 1.35. The van der Waals surface area contributed by atoms with E-state index in [-0.39, 0.29) is 12.0 Å². The molecular weight excluding hydrogens is 266 g/mol. The summed E-state index contributed by atoms with van der Waals surface area (Å²) in [5, 5.41) is 0. The maximum atomic E-state index is 12.5. The van der Waals surface area contributed by atoms with Crippen molar-refractivity contribution in [3.63, 3.8) is 0 Å². The minimum Gasteiger partial charge on any atom is -0.382 e. The van der Waals surface area contributed by atoms with Crippen LogP contribution in [0.15, 0.2) is 11.6 Å². The molecule has 1 amide bonds. The molecule has 1 atom stereocenters. The topological polar surface area (TPSA) is 38.8 Å². The van der Waals surface area contributed by atoms with Crippen molar-refractivity contribution < 1.29 is 14.3 Å². The van der Waals surface area contributed by atoms with Crippen molar-refractivity contribution >= 4 is 5.91 Å². The third kappa shape index (κ3) is 3.32. The van der Waals surface area contributed by atoms with E-state index in [9.17, 15) is 4.79 Å². The zero-order valence-electron chi connectivity index (χ0n) is 13.1. The van der Waals surface area contributed by atoms with Crippen LogP contribution in [0.4, 0.5) is 0 Å². The molecule has 2 heterocycles. The number of amides is 1. The monoisotopic (exact) mass is 293 g/mol. The number of carbonyl (C=O) groups excluding carboxylic acids is 1. The molecule has 0 unspecified atom stereocenters. The zero-order chi connectivity index (χ0) is 14.7. The number of nitrogens with zero attached hydrogens (tertiary/aromatic N) is 1. The van der Waals surface area contributed by atoms with Crippen LogP contribution in [0.1, 0.15) is 44.9 Å². The van der Waals surface area contributed by atoms with E-state index >= 15 is 0 Å². The van der Waals surface area contributed by atoms with E-state index in [0.717, 1.165) is 57.4 Å². The highest BCUT2D eigenvalue weighted by atomic mass is 16.5. The molecule has 118 valence electrons. The first kappa shape index (κ1) is 15.0. The molecule has 21 heavy (non-hydrogen) atoms. The quantitative estimate of drug-likeness (QED) is 0.802. The fourth-order valence-electron chi connectivity index (χ4n) is 3.96. The third-order valence-electron chi connectivity index (χ3n) is 5.32. The van der Waals surface area contributed by atoms with E-state index < -0.39 is 0 Å². The summed E-state index contributed by atoms with van der Waals surface area (Å²) >= 11 is 0. The molecule has 1 aliphatic carbocycles. The second-order valence-electron chi connectivity index (χ2n) is 6.86. The Hall–Kier alpha value is -0.870. The first-order valence-electron chi connectivity index (χ1n) is 8.31. The van der Waals surface area contributed by atoms with Crippen molar-refractivity contribution in [2.45, 2.75) is 51.0 Å². The van der Waals surface area contributed by atoms with Gasteiger partial charge < -0.3 is 14.4 Å². The van der Waals surface area contributed by atoms with E-state index in [1.165, 1.54) is 12.8 Å². The Labute approximate surface area is 127 Å². The lowest BCUT2D eigenvalue weighted by Crippen LogP contribution is -2.44. The van der Waals surface area contributed by atoms with Crippen molar-refractivity contribution in [3.8, 4) is 0 Å². The van der Waals surface area contributed by atoms with Gasteiger partial charge in [-0.1, -0.05) is 6.08 Å². The van der Waals surface area contributed by atoms with E-state index in [2.05, 4.69) is 11.0 Å². The van der Waals surface area contributed by atoms with Gasteiger partial charge in [0.1, 0.15) is 0 Å². The molecule has 0 saturated carbocycles. The Balaban J connectivity index is 1.53. The van der Waals surface area contributed by atoms with E-state index in [1.54, 1.807) is 7.11 Å². The molecule has 3 rings (SSSR count). The molecular formula is C17H27NO3. The average Bonchev–Trinajstić information content (AvgIpc) is 2.91. The minimum atomic E-state index is 0.248. The van der Waals surface area contributed by atoms with Crippen LogP contribution in [0, 0.1) is 5.41 Å². The Morgan fingerprint density at radius 2 is 2.24 bits per heavy atom. The minimum absolute atomic E-state index is 0.248. The van der Waals surface area contributed by atoms with Crippen molar-refractivity contribution in [2.75, 3.05) is 33.4 Å². The van der Waals surface area contributed by atoms with Gasteiger partial charge in [-0.25, -0.2) is 0 Å². The van der Waals surface area contributed by atoms with Gasteiger partial charge in [0.2, 0.25) is 5.91 Å². The van der Waals surface area contributed by atoms with E-state index in [4.69, 9.17) is 9.47 Å². The first-order valence-corrected chi connectivity index (χ1v) is 8.31. The lowest BCUT2D eigenvalue weighted by atomic mass is 9.76. The smallest absolute Gasteiger partial charge is 0.249 e. The molecule has 0 aromatic carbocycles. The highest BCUT2D eigenvalue weighted by Gasteiger charge is 2.43. The SMILES string of the molecule is COC[C@@H]1CC2(CCN(C(=O)C3=CCCCC3)CC2)CO1. The molecule has 1 spiro atoms. The Kier molecular flexibility index (Phi) is 4.65. The molecule has 0 radical (unpaired) electrons. The van der Waals surface area contributed by atoms with Crippen LogP contribution in [0.2, 0.25) is 0 Å². The molecule has 2 fully saturated rings. The molecule has 4 heteroatoms. The number of methoxy groups -OCH3 is 1. The fraction of sp³-hybridized carbons (Fsp3) is 0.824. The summed E-state index contributed by atoms with van der Waals surface area (Å²) in [6, 6.07) is 0. The normalized spacial score (nSPS) is 28.7. The molecule has 4 nitrogen and oxygen atoms in total. The van der Waals surface area contributed by atoms with Crippen molar-refractivity contribution in [1.29, 1.82) is 0 Å². The Morgan fingerprint density at radius 1 is 1.43 bits per heavy atom. The first-order chi connectivity index (χ1) is 10.2. The standard InChI is InChI=1S/C17H27NO3/c1-20-12-15-11-17(13-21-15)7-9-18(10-8-17)16(19)14-5-3-2-4-6-14/h5,15H,2-4,6-13H2,1H3/t15-/m0/s1. The Bertz CT molecular complexity index is 410. The van der Waals surface area contributed by atoms with Gasteiger partial charge in [-0.15, -0.1) is 0 Å². The molecule has 0 aromatic heterocycles. The number of hydrogen-bond acceptors (Lipinski definition) is 3. The van der Waals surface area contributed by atoms with Crippen LogP contribution >= 0.6 is 0 Å². The van der Waals surface area contributed by atoms with Gasteiger partial charge in [0.15, 0.2) is 0 Å². The number of allylic oxidation sites excluding steroid dienone is 1. The average molecular weight is 293 g/mol. The van der Waals surface area contributed by atoms with E-state index in [1.807, 2.05) is 0 Å². The van der Waals surface area contributed by atoms with Crippen LogP contribution in [-0.2, 0) is 14.3 Å². The zero-order valence-corrected chi connectivity index (χ0v) is 13.1. The summed E-state index contributed by atoms with van der Waals surface area (Å²) in [6.45, 7) is 3.31.